The summed E-state index contributed by atoms with van der Waals surface area (Å²) in [7, 11) is 1.59. The van der Waals surface area contributed by atoms with Gasteiger partial charge in [-0.1, -0.05) is 0 Å². The van der Waals surface area contributed by atoms with Crippen LogP contribution in [0, 0.1) is 0 Å². The fraction of sp³-hybridized carbons (Fsp3) is 0.909. The Balaban J connectivity index is 2.27. The molecule has 1 saturated heterocycles. The van der Waals surface area contributed by atoms with Crippen molar-refractivity contribution in [2.45, 2.75) is 51.8 Å². The Hall–Kier alpha value is -0.650. The van der Waals surface area contributed by atoms with Crippen molar-refractivity contribution in [1.29, 1.82) is 0 Å². The smallest absolute Gasteiger partial charge is 0.302 e. The molecule has 2 atom stereocenters. The number of carbonyl (C=O) groups excluding carboxylic acids is 1. The highest BCUT2D eigenvalue weighted by atomic mass is 16.8. The van der Waals surface area contributed by atoms with E-state index in [0.29, 0.717) is 6.61 Å². The minimum Gasteiger partial charge on any atom is -0.463 e. The van der Waals surface area contributed by atoms with Crippen LogP contribution in [0.3, 0.4) is 0 Å². The molecule has 0 aliphatic carbocycles. The molecule has 1 aliphatic rings. The predicted molar refractivity (Wildman–Crippen MR) is 56.7 cm³/mol. The van der Waals surface area contributed by atoms with Gasteiger partial charge in [0.25, 0.3) is 0 Å². The third kappa shape index (κ3) is 4.47. The summed E-state index contributed by atoms with van der Waals surface area (Å²) in [5.41, 5.74) is 0. The van der Waals surface area contributed by atoms with Gasteiger partial charge >= 0.3 is 5.97 Å². The van der Waals surface area contributed by atoms with Gasteiger partial charge in [0, 0.05) is 20.5 Å². The summed E-state index contributed by atoms with van der Waals surface area (Å²) >= 11 is 0. The van der Waals surface area contributed by atoms with Crippen LogP contribution >= 0.6 is 0 Å². The third-order valence-electron chi connectivity index (χ3n) is 2.45. The summed E-state index contributed by atoms with van der Waals surface area (Å²) in [5, 5.41) is 0. The van der Waals surface area contributed by atoms with E-state index in [-0.39, 0.29) is 18.4 Å². The van der Waals surface area contributed by atoms with Crippen LogP contribution in [0.15, 0.2) is 0 Å². The van der Waals surface area contributed by atoms with Crippen LogP contribution in [-0.2, 0) is 23.7 Å². The van der Waals surface area contributed by atoms with Gasteiger partial charge in [-0.05, 0) is 20.3 Å². The molecule has 0 bridgehead atoms. The Kier molecular flexibility index (Phi) is 4.70. The first-order valence-electron chi connectivity index (χ1n) is 5.45. The minimum absolute atomic E-state index is 0.0680. The standard InChI is InChI=1S/C11H20O5/c1-8(12)14-7-9-5-6-10(15-9)16-11(2,3)13-4/h9-10H,5-7H2,1-4H3/t9-,10?/m0/s1. The van der Waals surface area contributed by atoms with E-state index in [1.807, 2.05) is 13.8 Å². The predicted octanol–water partition coefficient (Wildman–Crippen LogP) is 1.45. The zero-order chi connectivity index (χ0) is 12.2. The molecule has 0 radical (unpaired) electrons. The van der Waals surface area contributed by atoms with Crippen molar-refractivity contribution >= 4 is 5.97 Å². The van der Waals surface area contributed by atoms with Gasteiger partial charge in [-0.15, -0.1) is 0 Å². The first-order valence-corrected chi connectivity index (χ1v) is 5.45. The molecule has 94 valence electrons. The van der Waals surface area contributed by atoms with E-state index in [9.17, 15) is 4.79 Å². The second kappa shape index (κ2) is 5.61. The lowest BCUT2D eigenvalue weighted by Crippen LogP contribution is -2.33. The minimum atomic E-state index is -0.652. The van der Waals surface area contributed by atoms with E-state index in [1.165, 1.54) is 6.92 Å². The van der Waals surface area contributed by atoms with Crippen LogP contribution in [0.5, 0.6) is 0 Å². The molecular weight excluding hydrogens is 212 g/mol. The fourth-order valence-corrected chi connectivity index (χ4v) is 1.46. The lowest BCUT2D eigenvalue weighted by Gasteiger charge is -2.27. The Labute approximate surface area is 96.0 Å². The Morgan fingerprint density at radius 1 is 1.44 bits per heavy atom. The summed E-state index contributed by atoms with van der Waals surface area (Å²) < 4.78 is 21.2. The average Bonchev–Trinajstić information content (AvgIpc) is 2.62. The molecule has 0 amide bonds. The Morgan fingerprint density at radius 2 is 2.12 bits per heavy atom. The van der Waals surface area contributed by atoms with Gasteiger partial charge in [-0.3, -0.25) is 4.79 Å². The second-order valence-electron chi connectivity index (χ2n) is 4.29. The second-order valence-corrected chi connectivity index (χ2v) is 4.29. The maximum Gasteiger partial charge on any atom is 0.302 e. The lowest BCUT2D eigenvalue weighted by atomic mass is 10.2. The largest absolute Gasteiger partial charge is 0.463 e. The van der Waals surface area contributed by atoms with Crippen molar-refractivity contribution < 1.29 is 23.7 Å². The van der Waals surface area contributed by atoms with E-state index in [1.54, 1.807) is 7.11 Å². The summed E-state index contributed by atoms with van der Waals surface area (Å²) in [6, 6.07) is 0. The number of rotatable bonds is 5. The van der Waals surface area contributed by atoms with Gasteiger partial charge < -0.3 is 18.9 Å². The molecule has 5 nitrogen and oxygen atoms in total. The number of methoxy groups -OCH3 is 1. The van der Waals surface area contributed by atoms with E-state index in [0.717, 1.165) is 12.8 Å². The molecule has 0 N–H and O–H groups in total. The average molecular weight is 232 g/mol. The SMILES string of the molecule is COC(C)(C)OC1CC[C@@H](COC(C)=O)O1. The molecule has 5 heteroatoms. The Bertz CT molecular complexity index is 239. The van der Waals surface area contributed by atoms with Gasteiger partial charge in [-0.25, -0.2) is 0 Å². The van der Waals surface area contributed by atoms with Gasteiger partial charge in [0.1, 0.15) is 6.61 Å². The highest BCUT2D eigenvalue weighted by molar-refractivity contribution is 5.65. The summed E-state index contributed by atoms with van der Waals surface area (Å²) in [6.45, 7) is 5.34. The van der Waals surface area contributed by atoms with Crippen LogP contribution in [-0.4, -0.2) is 37.9 Å². The molecule has 0 aromatic rings. The third-order valence-corrected chi connectivity index (χ3v) is 2.45. The summed E-state index contributed by atoms with van der Waals surface area (Å²) in [5.74, 6) is -0.939. The van der Waals surface area contributed by atoms with Crippen molar-refractivity contribution in [1.82, 2.24) is 0 Å². The Morgan fingerprint density at radius 3 is 2.69 bits per heavy atom. The van der Waals surface area contributed by atoms with Crippen molar-refractivity contribution in [2.24, 2.45) is 0 Å². The molecule has 1 rings (SSSR count). The summed E-state index contributed by atoms with van der Waals surface area (Å²) in [4.78, 5) is 10.6. The zero-order valence-corrected chi connectivity index (χ0v) is 10.3. The van der Waals surface area contributed by atoms with Crippen molar-refractivity contribution in [3.05, 3.63) is 0 Å². The van der Waals surface area contributed by atoms with Crippen molar-refractivity contribution in [3.8, 4) is 0 Å². The van der Waals surface area contributed by atoms with Crippen LogP contribution in [0.2, 0.25) is 0 Å². The first kappa shape index (κ1) is 13.4. The van der Waals surface area contributed by atoms with Gasteiger partial charge in [0.2, 0.25) is 0 Å². The molecular formula is C11H20O5. The van der Waals surface area contributed by atoms with Crippen molar-refractivity contribution in [2.75, 3.05) is 13.7 Å². The number of esters is 1. The lowest BCUT2D eigenvalue weighted by molar-refractivity contribution is -0.281. The highest BCUT2D eigenvalue weighted by Crippen LogP contribution is 2.25. The van der Waals surface area contributed by atoms with E-state index >= 15 is 0 Å². The van der Waals surface area contributed by atoms with Gasteiger partial charge in [0.15, 0.2) is 12.1 Å². The van der Waals surface area contributed by atoms with Gasteiger partial charge in [-0.2, -0.15) is 0 Å². The number of hydrogen-bond acceptors (Lipinski definition) is 5. The van der Waals surface area contributed by atoms with Crippen LogP contribution in [0.1, 0.15) is 33.6 Å². The molecule has 1 aliphatic heterocycles. The molecule has 0 aromatic carbocycles. The maximum absolute atomic E-state index is 10.6. The van der Waals surface area contributed by atoms with E-state index in [4.69, 9.17) is 18.9 Å². The fourth-order valence-electron chi connectivity index (χ4n) is 1.46. The number of hydrogen-bond donors (Lipinski definition) is 0. The topological polar surface area (TPSA) is 54.0 Å². The molecule has 0 saturated carbocycles. The zero-order valence-electron chi connectivity index (χ0n) is 10.3. The van der Waals surface area contributed by atoms with Crippen molar-refractivity contribution in [3.63, 3.8) is 0 Å². The maximum atomic E-state index is 10.6. The summed E-state index contributed by atoms with van der Waals surface area (Å²) in [6.07, 6.45) is 1.27. The van der Waals surface area contributed by atoms with E-state index < -0.39 is 5.79 Å². The highest BCUT2D eigenvalue weighted by Gasteiger charge is 2.31. The number of carbonyl (C=O) groups is 1. The number of ether oxygens (including phenoxy) is 4. The molecule has 1 heterocycles. The van der Waals surface area contributed by atoms with E-state index in [2.05, 4.69) is 0 Å². The first-order chi connectivity index (χ1) is 7.43. The molecule has 1 unspecified atom stereocenters. The van der Waals surface area contributed by atoms with Crippen LogP contribution < -0.4 is 0 Å². The normalized spacial score (nSPS) is 25.8. The monoisotopic (exact) mass is 232 g/mol. The van der Waals surface area contributed by atoms with Crippen LogP contribution in [0.4, 0.5) is 0 Å². The quantitative estimate of drug-likeness (QED) is 0.530. The molecule has 1 fully saturated rings. The molecule has 16 heavy (non-hydrogen) atoms. The van der Waals surface area contributed by atoms with Crippen LogP contribution in [0.25, 0.3) is 0 Å². The molecule has 0 spiro atoms. The van der Waals surface area contributed by atoms with Gasteiger partial charge in [0.05, 0.1) is 6.10 Å². The molecule has 0 aromatic heterocycles.